The van der Waals surface area contributed by atoms with E-state index >= 15 is 0 Å². The van der Waals surface area contributed by atoms with Crippen LogP contribution in [0.3, 0.4) is 0 Å². The van der Waals surface area contributed by atoms with E-state index in [-0.39, 0.29) is 0 Å². The summed E-state index contributed by atoms with van der Waals surface area (Å²) in [7, 11) is 0. The highest BCUT2D eigenvalue weighted by Crippen LogP contribution is 2.57. The van der Waals surface area contributed by atoms with Gasteiger partial charge in [0.1, 0.15) is 11.2 Å². The van der Waals surface area contributed by atoms with Crippen molar-refractivity contribution in [3.8, 4) is 33.4 Å². The summed E-state index contributed by atoms with van der Waals surface area (Å²) in [4.78, 5) is 2.45. The zero-order valence-electron chi connectivity index (χ0n) is 33.4. The molecule has 0 atom stereocenters. The van der Waals surface area contributed by atoms with Crippen molar-refractivity contribution in [2.75, 3.05) is 4.90 Å². The first kappa shape index (κ1) is 35.0. The van der Waals surface area contributed by atoms with Crippen LogP contribution in [0.4, 0.5) is 17.1 Å². The molecular formula is C59H39NO. The van der Waals surface area contributed by atoms with Crippen LogP contribution < -0.4 is 4.90 Å². The number of rotatable bonds is 7. The fraction of sp³-hybridized carbons (Fsp3) is 0.0169. The van der Waals surface area contributed by atoms with E-state index in [2.05, 4.69) is 235 Å². The smallest absolute Gasteiger partial charge is 0.143 e. The lowest BCUT2D eigenvalue weighted by Crippen LogP contribution is -2.28. The molecule has 0 saturated heterocycles. The first-order valence-corrected chi connectivity index (χ1v) is 21.0. The molecular weight excluding hydrogens is 739 g/mol. The Hall–Kier alpha value is -7.94. The van der Waals surface area contributed by atoms with Crippen molar-refractivity contribution < 1.29 is 4.42 Å². The van der Waals surface area contributed by atoms with Crippen molar-refractivity contribution in [1.82, 2.24) is 0 Å². The molecule has 0 N–H and O–H groups in total. The number of hydrogen-bond donors (Lipinski definition) is 0. The minimum atomic E-state index is -0.532. The van der Waals surface area contributed by atoms with E-state index in [0.29, 0.717) is 0 Å². The number of benzene rings is 10. The van der Waals surface area contributed by atoms with E-state index in [0.717, 1.165) is 60.9 Å². The van der Waals surface area contributed by atoms with Gasteiger partial charge in [0.15, 0.2) is 0 Å². The summed E-state index contributed by atoms with van der Waals surface area (Å²) in [6.07, 6.45) is 0. The van der Waals surface area contributed by atoms with Crippen LogP contribution in [0.25, 0.3) is 66.1 Å². The molecule has 12 rings (SSSR count). The average molecular weight is 778 g/mol. The van der Waals surface area contributed by atoms with E-state index in [1.54, 1.807) is 0 Å². The highest BCUT2D eigenvalue weighted by Gasteiger charge is 2.46. The summed E-state index contributed by atoms with van der Waals surface area (Å²) in [5.74, 6) is 0. The van der Waals surface area contributed by atoms with E-state index in [1.165, 1.54) is 44.5 Å². The average Bonchev–Trinajstić information content (AvgIpc) is 3.87. The van der Waals surface area contributed by atoms with Gasteiger partial charge in [-0.25, -0.2) is 0 Å². The Morgan fingerprint density at radius 1 is 0.361 bits per heavy atom. The van der Waals surface area contributed by atoms with Gasteiger partial charge < -0.3 is 9.32 Å². The molecule has 1 aliphatic carbocycles. The van der Waals surface area contributed by atoms with Crippen LogP contribution >= 0.6 is 0 Å². The molecule has 0 spiro atoms. The Balaban J connectivity index is 1.13. The molecule has 10 aromatic carbocycles. The maximum Gasteiger partial charge on any atom is 0.143 e. The zero-order valence-corrected chi connectivity index (χ0v) is 33.4. The number of hydrogen-bond acceptors (Lipinski definition) is 2. The van der Waals surface area contributed by atoms with Crippen LogP contribution in [-0.4, -0.2) is 0 Å². The van der Waals surface area contributed by atoms with Crippen molar-refractivity contribution in [1.29, 1.82) is 0 Å². The lowest BCUT2D eigenvalue weighted by Gasteiger charge is -2.35. The van der Waals surface area contributed by atoms with Gasteiger partial charge in [-0.05, 0) is 97.9 Å². The Bertz CT molecular complexity index is 3360. The molecule has 1 aliphatic rings. The zero-order chi connectivity index (χ0) is 40.3. The maximum atomic E-state index is 6.73. The molecule has 0 bridgehead atoms. The van der Waals surface area contributed by atoms with Crippen molar-refractivity contribution in [2.45, 2.75) is 5.41 Å². The molecule has 11 aromatic rings. The number of para-hydroxylation sites is 2. The predicted octanol–water partition coefficient (Wildman–Crippen LogP) is 15.9. The SMILES string of the molecule is c1ccc(-c2ccc(N(c3ccc4c(c3)C(c3ccccc3)(c3ccccc3)c3ccccc3-4)c3ccccc3-c3cccc4ccc5c6ccccc6oc5c34)cc2)cc1. The van der Waals surface area contributed by atoms with Gasteiger partial charge in [-0.2, -0.15) is 0 Å². The monoisotopic (exact) mass is 777 g/mol. The van der Waals surface area contributed by atoms with Crippen LogP contribution in [0.15, 0.2) is 241 Å². The molecule has 1 heterocycles. The van der Waals surface area contributed by atoms with Gasteiger partial charge in [0, 0.05) is 33.1 Å². The van der Waals surface area contributed by atoms with Crippen molar-refractivity contribution in [2.24, 2.45) is 0 Å². The summed E-state index contributed by atoms with van der Waals surface area (Å²) >= 11 is 0. The maximum absolute atomic E-state index is 6.73. The minimum absolute atomic E-state index is 0.532. The first-order valence-electron chi connectivity index (χ1n) is 21.0. The Kier molecular flexibility index (Phi) is 8.11. The van der Waals surface area contributed by atoms with Gasteiger partial charge in [0.25, 0.3) is 0 Å². The lowest BCUT2D eigenvalue weighted by atomic mass is 9.67. The highest BCUT2D eigenvalue weighted by molar-refractivity contribution is 6.19. The Morgan fingerprint density at radius 2 is 0.951 bits per heavy atom. The predicted molar refractivity (Wildman–Crippen MR) is 254 cm³/mol. The van der Waals surface area contributed by atoms with Gasteiger partial charge in [-0.1, -0.05) is 194 Å². The third-order valence-electron chi connectivity index (χ3n) is 12.8. The molecule has 0 saturated carbocycles. The number of furan rings is 1. The molecule has 1 aromatic heterocycles. The molecule has 2 nitrogen and oxygen atoms in total. The second-order valence-corrected chi connectivity index (χ2v) is 16.0. The molecule has 286 valence electrons. The van der Waals surface area contributed by atoms with Gasteiger partial charge in [0.2, 0.25) is 0 Å². The molecule has 0 fully saturated rings. The molecule has 2 heteroatoms. The van der Waals surface area contributed by atoms with Gasteiger partial charge in [-0.3, -0.25) is 0 Å². The fourth-order valence-electron chi connectivity index (χ4n) is 10.1. The van der Waals surface area contributed by atoms with Crippen LogP contribution in [0.2, 0.25) is 0 Å². The van der Waals surface area contributed by atoms with Gasteiger partial charge >= 0.3 is 0 Å². The van der Waals surface area contributed by atoms with E-state index < -0.39 is 5.41 Å². The van der Waals surface area contributed by atoms with E-state index in [1.807, 2.05) is 6.07 Å². The molecule has 0 unspecified atom stereocenters. The number of nitrogens with zero attached hydrogens (tertiary/aromatic N) is 1. The van der Waals surface area contributed by atoms with E-state index in [9.17, 15) is 0 Å². The standard InChI is InChI=1S/C59H39NO/c1-4-17-40(18-5-1)41-31-34-45(35-32-41)60(55-29-14-11-25-49(55)51-27-16-19-42-33-37-52-50-26-12-15-30-56(50)61-58(52)57(42)51)46-36-38-48-47-24-10-13-28-53(47)59(54(48)39-46,43-20-6-2-7-21-43)44-22-8-3-9-23-44/h1-39H. The van der Waals surface area contributed by atoms with Crippen molar-refractivity contribution in [3.63, 3.8) is 0 Å². The summed E-state index contributed by atoms with van der Waals surface area (Å²) in [5.41, 5.74) is 16.7. The van der Waals surface area contributed by atoms with Crippen molar-refractivity contribution >= 4 is 49.8 Å². The molecule has 0 radical (unpaired) electrons. The second kappa shape index (κ2) is 14.1. The second-order valence-electron chi connectivity index (χ2n) is 16.0. The quantitative estimate of drug-likeness (QED) is 0.160. The van der Waals surface area contributed by atoms with Crippen LogP contribution in [-0.2, 0) is 5.41 Å². The lowest BCUT2D eigenvalue weighted by molar-refractivity contribution is 0.673. The Labute approximate surface area is 355 Å². The third-order valence-corrected chi connectivity index (χ3v) is 12.8. The van der Waals surface area contributed by atoms with Crippen LogP contribution in [0, 0.1) is 0 Å². The highest BCUT2D eigenvalue weighted by atomic mass is 16.3. The van der Waals surface area contributed by atoms with E-state index in [4.69, 9.17) is 4.42 Å². The molecule has 61 heavy (non-hydrogen) atoms. The summed E-state index contributed by atoms with van der Waals surface area (Å²) in [6, 6.07) is 86.1. The number of anilines is 3. The minimum Gasteiger partial charge on any atom is -0.455 e. The summed E-state index contributed by atoms with van der Waals surface area (Å²) in [6.45, 7) is 0. The van der Waals surface area contributed by atoms with Crippen LogP contribution in [0.1, 0.15) is 22.3 Å². The third kappa shape index (κ3) is 5.43. The topological polar surface area (TPSA) is 16.4 Å². The molecule has 0 aliphatic heterocycles. The van der Waals surface area contributed by atoms with Crippen LogP contribution in [0.5, 0.6) is 0 Å². The van der Waals surface area contributed by atoms with Gasteiger partial charge in [-0.15, -0.1) is 0 Å². The summed E-state index contributed by atoms with van der Waals surface area (Å²) < 4.78 is 6.73. The Morgan fingerprint density at radius 3 is 1.72 bits per heavy atom. The fourth-order valence-corrected chi connectivity index (χ4v) is 10.1. The summed E-state index contributed by atoms with van der Waals surface area (Å²) in [5, 5.41) is 4.50. The van der Waals surface area contributed by atoms with Gasteiger partial charge in [0.05, 0.1) is 11.1 Å². The first-order chi connectivity index (χ1) is 30.3. The normalized spacial score (nSPS) is 12.7. The molecule has 0 amide bonds. The largest absolute Gasteiger partial charge is 0.455 e. The number of fused-ring (bicyclic) bond motifs is 8. The van der Waals surface area contributed by atoms with Crippen molar-refractivity contribution in [3.05, 3.63) is 259 Å².